The molecule has 0 aromatic rings. The van der Waals surface area contributed by atoms with E-state index in [1.54, 1.807) is 6.08 Å². The zero-order chi connectivity index (χ0) is 54.2. The number of aliphatic hydroxyl groups excluding tert-OH is 1. The molecule has 0 spiro atoms. The molecule has 0 aliphatic rings. The van der Waals surface area contributed by atoms with Gasteiger partial charge in [-0.1, -0.05) is 266 Å². The topological polar surface area (TPSA) is 105 Å². The number of nitrogens with one attached hydrogen (secondary N) is 1. The fraction of sp³-hybridized carbons (Fsp3) is 0.769. The predicted molar refractivity (Wildman–Crippen MR) is 323 cm³/mol. The van der Waals surface area contributed by atoms with Crippen molar-refractivity contribution >= 4 is 13.7 Å². The van der Waals surface area contributed by atoms with Gasteiger partial charge in [0.15, 0.2) is 0 Å². The first-order valence-corrected chi connectivity index (χ1v) is 32.5. The summed E-state index contributed by atoms with van der Waals surface area (Å²) >= 11 is 0. The molecule has 430 valence electrons. The molecular weight excluding hydrogens is 936 g/mol. The monoisotopic (exact) mass is 1060 g/mol. The molecule has 74 heavy (non-hydrogen) atoms. The lowest BCUT2D eigenvalue weighted by Gasteiger charge is -2.25. The molecule has 0 rings (SSSR count). The summed E-state index contributed by atoms with van der Waals surface area (Å²) in [7, 11) is 1.55. The highest BCUT2D eigenvalue weighted by Gasteiger charge is 2.27. The first-order chi connectivity index (χ1) is 36.0. The van der Waals surface area contributed by atoms with Gasteiger partial charge in [0.05, 0.1) is 39.9 Å². The average Bonchev–Trinajstić information content (AvgIpc) is 3.36. The summed E-state index contributed by atoms with van der Waals surface area (Å²) in [4.78, 5) is 23.3. The maximum absolute atomic E-state index is 13.0. The number of nitrogens with zero attached hydrogens (tertiary/aromatic N) is 1. The van der Waals surface area contributed by atoms with E-state index in [0.717, 1.165) is 70.6 Å². The van der Waals surface area contributed by atoms with Gasteiger partial charge >= 0.3 is 7.82 Å². The summed E-state index contributed by atoms with van der Waals surface area (Å²) in [5.41, 5.74) is 0. The van der Waals surface area contributed by atoms with Crippen molar-refractivity contribution in [2.75, 3.05) is 40.9 Å². The molecule has 0 fully saturated rings. The van der Waals surface area contributed by atoms with Crippen molar-refractivity contribution in [3.05, 3.63) is 85.1 Å². The first-order valence-electron chi connectivity index (χ1n) is 31.0. The number of allylic oxidation sites excluding steroid dienone is 13. The molecule has 1 amide bonds. The highest BCUT2D eigenvalue weighted by atomic mass is 31.2. The molecule has 0 bridgehead atoms. The van der Waals surface area contributed by atoms with Gasteiger partial charge in [0.25, 0.3) is 0 Å². The number of phosphoric ester groups is 1. The number of aliphatic hydroxyl groups is 1. The Hall–Kier alpha value is -2.32. The Kier molecular flexibility index (Phi) is 53.7. The van der Waals surface area contributed by atoms with E-state index in [9.17, 15) is 19.4 Å². The second kappa shape index (κ2) is 55.4. The van der Waals surface area contributed by atoms with Crippen molar-refractivity contribution in [3.63, 3.8) is 0 Å². The third-order valence-electron chi connectivity index (χ3n) is 13.6. The maximum atomic E-state index is 13.0. The van der Waals surface area contributed by atoms with Crippen LogP contribution in [0.25, 0.3) is 0 Å². The molecular formula is C65H120N2O6P+. The summed E-state index contributed by atoms with van der Waals surface area (Å²) < 4.78 is 23.7. The van der Waals surface area contributed by atoms with E-state index >= 15 is 0 Å². The molecule has 3 atom stereocenters. The van der Waals surface area contributed by atoms with Crippen LogP contribution < -0.4 is 5.32 Å². The third-order valence-corrected chi connectivity index (χ3v) is 14.6. The Morgan fingerprint density at radius 3 is 1.24 bits per heavy atom. The highest BCUT2D eigenvalue weighted by Crippen LogP contribution is 2.43. The van der Waals surface area contributed by atoms with E-state index in [1.807, 2.05) is 27.2 Å². The van der Waals surface area contributed by atoms with Crippen LogP contribution in [0.2, 0.25) is 0 Å². The molecule has 9 heteroatoms. The van der Waals surface area contributed by atoms with Crippen LogP contribution in [0.5, 0.6) is 0 Å². The van der Waals surface area contributed by atoms with E-state index in [4.69, 9.17) is 9.05 Å². The van der Waals surface area contributed by atoms with Crippen molar-refractivity contribution in [3.8, 4) is 0 Å². The van der Waals surface area contributed by atoms with Crippen LogP contribution in [0.15, 0.2) is 85.1 Å². The van der Waals surface area contributed by atoms with Gasteiger partial charge in [-0.05, 0) is 83.5 Å². The molecule has 0 heterocycles. The van der Waals surface area contributed by atoms with E-state index in [-0.39, 0.29) is 19.1 Å². The smallest absolute Gasteiger partial charge is 0.387 e. The molecule has 3 N–H and O–H groups in total. The number of amides is 1. The number of carbonyl (C=O) groups excluding carboxylic acids is 1. The molecule has 0 saturated heterocycles. The van der Waals surface area contributed by atoms with Gasteiger partial charge in [-0.3, -0.25) is 13.8 Å². The lowest BCUT2D eigenvalue weighted by molar-refractivity contribution is -0.870. The van der Waals surface area contributed by atoms with Crippen LogP contribution in [0.3, 0.4) is 0 Å². The lowest BCUT2D eigenvalue weighted by Crippen LogP contribution is -2.45. The van der Waals surface area contributed by atoms with Crippen molar-refractivity contribution in [2.24, 2.45) is 0 Å². The Bertz CT molecular complexity index is 1480. The second-order valence-corrected chi connectivity index (χ2v) is 23.5. The minimum Gasteiger partial charge on any atom is -0.387 e. The summed E-state index contributed by atoms with van der Waals surface area (Å²) in [6.07, 6.45) is 78.6. The molecule has 8 nitrogen and oxygen atoms in total. The van der Waals surface area contributed by atoms with Gasteiger partial charge in [0, 0.05) is 6.42 Å². The first kappa shape index (κ1) is 71.7. The third kappa shape index (κ3) is 57.4. The second-order valence-electron chi connectivity index (χ2n) is 22.0. The zero-order valence-electron chi connectivity index (χ0n) is 49.1. The predicted octanol–water partition coefficient (Wildman–Crippen LogP) is 19.2. The Labute approximate surface area is 458 Å². The fourth-order valence-corrected chi connectivity index (χ4v) is 9.51. The minimum absolute atomic E-state index is 0.0525. The Morgan fingerprint density at radius 2 is 0.824 bits per heavy atom. The van der Waals surface area contributed by atoms with E-state index in [2.05, 4.69) is 92.1 Å². The number of hydrogen-bond acceptors (Lipinski definition) is 5. The van der Waals surface area contributed by atoms with Crippen LogP contribution in [0.4, 0.5) is 0 Å². The molecule has 0 aromatic heterocycles. The van der Waals surface area contributed by atoms with Gasteiger partial charge in [-0.25, -0.2) is 4.57 Å². The van der Waals surface area contributed by atoms with Crippen LogP contribution >= 0.6 is 7.82 Å². The van der Waals surface area contributed by atoms with Crippen molar-refractivity contribution in [1.29, 1.82) is 0 Å². The van der Waals surface area contributed by atoms with Crippen molar-refractivity contribution < 1.29 is 32.9 Å². The largest absolute Gasteiger partial charge is 0.472 e. The van der Waals surface area contributed by atoms with E-state index < -0.39 is 20.0 Å². The Balaban J connectivity index is 3.98. The normalized spacial score (nSPS) is 14.4. The molecule has 0 aliphatic carbocycles. The van der Waals surface area contributed by atoms with Gasteiger partial charge in [-0.2, -0.15) is 0 Å². The maximum Gasteiger partial charge on any atom is 0.472 e. The number of unbranched alkanes of at least 4 members (excludes halogenated alkanes) is 31. The summed E-state index contributed by atoms with van der Waals surface area (Å²) in [6.45, 7) is 4.67. The minimum atomic E-state index is -4.36. The summed E-state index contributed by atoms with van der Waals surface area (Å²) in [6, 6.07) is -0.871. The van der Waals surface area contributed by atoms with Gasteiger partial charge in [0.2, 0.25) is 5.91 Å². The van der Waals surface area contributed by atoms with Gasteiger partial charge < -0.3 is 19.8 Å². The average molecular weight is 1060 g/mol. The molecule has 0 radical (unpaired) electrons. The van der Waals surface area contributed by atoms with Crippen LogP contribution in [-0.2, 0) is 18.4 Å². The van der Waals surface area contributed by atoms with Gasteiger partial charge in [0.1, 0.15) is 13.2 Å². The number of likely N-dealkylation sites (N-methyl/N-ethyl adjacent to an activating group) is 1. The summed E-state index contributed by atoms with van der Waals surface area (Å²) in [5.74, 6) is -0.189. The number of rotatable bonds is 56. The number of quaternary nitrogens is 1. The molecule has 0 aromatic carbocycles. The SMILES string of the molecule is CC/C=C\C/C=C\C/C=C\C/C=C\CCCCCCCCCCCCCCCCCCCCCCCCCCC(=O)NC(COP(=O)(O)OCC[N+](C)(C)C)C(O)/C=C/CC/C=C/CC/C=C/CCCCCCC. The number of phosphoric acid groups is 1. The fourth-order valence-electron chi connectivity index (χ4n) is 8.77. The van der Waals surface area contributed by atoms with E-state index in [0.29, 0.717) is 17.4 Å². The van der Waals surface area contributed by atoms with Crippen molar-refractivity contribution in [2.45, 2.75) is 283 Å². The number of carbonyl (C=O) groups is 1. The molecule has 0 aliphatic heterocycles. The highest BCUT2D eigenvalue weighted by molar-refractivity contribution is 7.47. The van der Waals surface area contributed by atoms with Crippen LogP contribution in [0, 0.1) is 0 Å². The zero-order valence-corrected chi connectivity index (χ0v) is 50.0. The molecule has 3 unspecified atom stereocenters. The van der Waals surface area contributed by atoms with Gasteiger partial charge in [-0.15, -0.1) is 0 Å². The molecule has 0 saturated carbocycles. The standard InChI is InChI=1S/C65H119N2O6P/c1-6-8-10-12-14-16-18-20-22-23-24-25-26-27-28-29-30-31-32-33-34-35-36-37-38-39-40-41-42-43-45-47-49-51-53-55-57-59-65(69)66-63(62-73-74(70,71)72-61-60-67(3,4)5)64(68)58-56-54-52-50-48-46-44-21-19-17-15-13-11-9-7-2/h8,10,14,16,19-22,24-25,48,50,56,58,63-64,68H,6-7,9,11-13,15,17-18,23,26-47,49,51-55,57,59-62H2,1-5H3,(H-,66,69,70,71)/p+1/b10-8-,16-14-,21-19+,22-20-,25-24-,50-48+,58-56+. The van der Waals surface area contributed by atoms with Crippen LogP contribution in [-0.4, -0.2) is 73.4 Å². The lowest BCUT2D eigenvalue weighted by atomic mass is 10.0. The quantitative estimate of drug-likeness (QED) is 0.0243. The summed E-state index contributed by atoms with van der Waals surface area (Å²) in [5, 5.41) is 13.9. The van der Waals surface area contributed by atoms with Crippen molar-refractivity contribution in [1.82, 2.24) is 5.32 Å². The number of hydrogen-bond donors (Lipinski definition) is 3. The van der Waals surface area contributed by atoms with Crippen LogP contribution in [0.1, 0.15) is 271 Å². The Morgan fingerprint density at radius 1 is 0.473 bits per heavy atom. The van der Waals surface area contributed by atoms with E-state index in [1.165, 1.54) is 180 Å².